The lowest BCUT2D eigenvalue weighted by Gasteiger charge is -2.15. The van der Waals surface area contributed by atoms with E-state index in [1.165, 1.54) is 4.68 Å². The van der Waals surface area contributed by atoms with Gasteiger partial charge in [0.25, 0.3) is 0 Å². The number of alkyl halides is 6. The van der Waals surface area contributed by atoms with Crippen LogP contribution in [0.25, 0.3) is 28.5 Å². The number of rotatable bonds is 5. The first-order chi connectivity index (χ1) is 18.0. The van der Waals surface area contributed by atoms with E-state index >= 15 is 0 Å². The van der Waals surface area contributed by atoms with Crippen LogP contribution in [0.5, 0.6) is 0 Å². The zero-order chi connectivity index (χ0) is 27.1. The summed E-state index contributed by atoms with van der Waals surface area (Å²) in [7, 11) is 0. The Labute approximate surface area is 212 Å². The molecule has 0 bridgehead atoms. The van der Waals surface area contributed by atoms with Crippen LogP contribution in [-0.4, -0.2) is 29.8 Å². The van der Waals surface area contributed by atoms with E-state index in [4.69, 9.17) is 0 Å². The zero-order valence-corrected chi connectivity index (χ0v) is 19.7. The quantitative estimate of drug-likeness (QED) is 0.242. The molecule has 0 amide bonds. The van der Waals surface area contributed by atoms with Crippen molar-refractivity contribution in [1.82, 2.24) is 29.8 Å². The minimum absolute atomic E-state index is 0.0967. The molecule has 0 saturated carbocycles. The number of aromatic nitrogens is 6. The molecule has 2 heterocycles. The van der Waals surface area contributed by atoms with E-state index in [0.29, 0.717) is 35.0 Å². The zero-order valence-electron chi connectivity index (χ0n) is 19.7. The molecule has 0 unspecified atom stereocenters. The van der Waals surface area contributed by atoms with Crippen LogP contribution in [-0.2, 0) is 18.9 Å². The van der Waals surface area contributed by atoms with Crippen molar-refractivity contribution in [3.63, 3.8) is 0 Å². The molecule has 0 saturated heterocycles. The molecule has 12 heteroatoms. The van der Waals surface area contributed by atoms with Gasteiger partial charge in [-0.3, -0.25) is 4.57 Å². The maximum Gasteiger partial charge on any atom is 0.416 e. The Morgan fingerprint density at radius 3 is 1.87 bits per heavy atom. The second kappa shape index (κ2) is 9.43. The highest BCUT2D eigenvalue weighted by Gasteiger charge is 2.37. The molecular formula is C26H18F6N6. The van der Waals surface area contributed by atoms with Gasteiger partial charge in [-0.25, -0.2) is 4.68 Å². The molecular weight excluding hydrogens is 510 g/mol. The molecule has 0 spiro atoms. The van der Waals surface area contributed by atoms with Crippen molar-refractivity contribution >= 4 is 0 Å². The number of para-hydroxylation sites is 1. The Bertz CT molecular complexity index is 1540. The monoisotopic (exact) mass is 528 g/mol. The molecule has 5 aromatic rings. The molecule has 6 nitrogen and oxygen atoms in total. The molecule has 0 N–H and O–H groups in total. The van der Waals surface area contributed by atoms with Gasteiger partial charge < -0.3 is 0 Å². The van der Waals surface area contributed by atoms with Crippen LogP contribution < -0.4 is 0 Å². The third-order valence-electron chi connectivity index (χ3n) is 5.81. The first kappa shape index (κ1) is 25.2. The minimum Gasteiger partial charge on any atom is -0.278 e. The van der Waals surface area contributed by atoms with E-state index in [2.05, 4.69) is 20.5 Å². The molecule has 0 atom stereocenters. The average molecular weight is 528 g/mol. The van der Waals surface area contributed by atoms with Crippen LogP contribution in [0.4, 0.5) is 26.3 Å². The second-order valence-corrected chi connectivity index (χ2v) is 8.47. The summed E-state index contributed by atoms with van der Waals surface area (Å²) < 4.78 is 83.6. The van der Waals surface area contributed by atoms with Gasteiger partial charge in [0, 0.05) is 11.3 Å². The van der Waals surface area contributed by atoms with Crippen molar-refractivity contribution in [2.24, 2.45) is 0 Å². The Morgan fingerprint density at radius 1 is 0.711 bits per heavy atom. The molecule has 5 rings (SSSR count). The third-order valence-corrected chi connectivity index (χ3v) is 5.81. The van der Waals surface area contributed by atoms with E-state index in [1.54, 1.807) is 41.8 Å². The summed E-state index contributed by atoms with van der Waals surface area (Å²) >= 11 is 0. The van der Waals surface area contributed by atoms with Gasteiger partial charge >= 0.3 is 12.4 Å². The van der Waals surface area contributed by atoms with Crippen molar-refractivity contribution in [2.75, 3.05) is 0 Å². The molecule has 0 aliphatic rings. The van der Waals surface area contributed by atoms with Gasteiger partial charge in [0.2, 0.25) is 0 Å². The molecule has 0 fully saturated rings. The summed E-state index contributed by atoms with van der Waals surface area (Å²) in [6, 6.07) is 19.4. The van der Waals surface area contributed by atoms with Crippen LogP contribution in [0.1, 0.15) is 22.5 Å². The van der Waals surface area contributed by atoms with Gasteiger partial charge in [0.05, 0.1) is 17.7 Å². The largest absolute Gasteiger partial charge is 0.416 e. The smallest absolute Gasteiger partial charge is 0.278 e. The topological polar surface area (TPSA) is 61.4 Å². The van der Waals surface area contributed by atoms with E-state index in [9.17, 15) is 26.3 Å². The molecule has 2 aromatic heterocycles. The molecule has 3 aromatic carbocycles. The highest BCUT2D eigenvalue weighted by molar-refractivity contribution is 5.75. The van der Waals surface area contributed by atoms with E-state index < -0.39 is 30.0 Å². The van der Waals surface area contributed by atoms with Crippen molar-refractivity contribution in [1.29, 1.82) is 0 Å². The maximum absolute atomic E-state index is 13.4. The van der Waals surface area contributed by atoms with Crippen molar-refractivity contribution < 1.29 is 26.3 Å². The molecule has 38 heavy (non-hydrogen) atoms. The van der Waals surface area contributed by atoms with Crippen LogP contribution in [0.3, 0.4) is 0 Å². The van der Waals surface area contributed by atoms with Gasteiger partial charge in [0.15, 0.2) is 11.5 Å². The fraction of sp³-hybridized carbons (Fsp3) is 0.154. The maximum atomic E-state index is 13.4. The van der Waals surface area contributed by atoms with Crippen LogP contribution in [0, 0.1) is 6.92 Å². The van der Waals surface area contributed by atoms with Crippen molar-refractivity contribution in [3.05, 3.63) is 101 Å². The van der Waals surface area contributed by atoms with Gasteiger partial charge in [-0.15, -0.1) is 15.3 Å². The highest BCUT2D eigenvalue weighted by Crippen LogP contribution is 2.37. The van der Waals surface area contributed by atoms with Gasteiger partial charge in [-0.05, 0) is 42.8 Å². The lowest BCUT2D eigenvalue weighted by Crippen LogP contribution is -2.13. The predicted octanol–water partition coefficient (Wildman–Crippen LogP) is 6.59. The molecule has 0 radical (unpaired) electrons. The molecule has 0 aliphatic carbocycles. The van der Waals surface area contributed by atoms with Gasteiger partial charge in [-0.2, -0.15) is 26.3 Å². The predicted molar refractivity (Wildman–Crippen MR) is 126 cm³/mol. The van der Waals surface area contributed by atoms with Crippen molar-refractivity contribution in [2.45, 2.75) is 25.8 Å². The van der Waals surface area contributed by atoms with Gasteiger partial charge in [-0.1, -0.05) is 53.7 Å². The second-order valence-electron chi connectivity index (χ2n) is 8.47. The number of nitrogens with zero attached hydrogens (tertiary/aromatic N) is 6. The Hall–Kier alpha value is -4.48. The minimum atomic E-state index is -4.96. The highest BCUT2D eigenvalue weighted by atomic mass is 19.4. The van der Waals surface area contributed by atoms with Crippen LogP contribution >= 0.6 is 0 Å². The van der Waals surface area contributed by atoms with E-state index in [-0.39, 0.29) is 17.3 Å². The molecule has 0 aliphatic heterocycles. The number of hydrogen-bond donors (Lipinski definition) is 0. The molecule has 194 valence electrons. The number of benzene rings is 3. The SMILES string of the molecule is Cc1nnc(-c2nnn(Cc3cc(C(F)(F)F)cc(C(F)(F)F)c3)c2-c2ccccc2)n1-c1ccccc1. The van der Waals surface area contributed by atoms with Crippen molar-refractivity contribution in [3.8, 4) is 28.5 Å². The summed E-state index contributed by atoms with van der Waals surface area (Å²) in [6.45, 7) is 1.35. The summed E-state index contributed by atoms with van der Waals surface area (Å²) in [5.41, 5.74) is -1.07. The number of halogens is 6. The Balaban J connectivity index is 1.68. The van der Waals surface area contributed by atoms with E-state index in [1.807, 2.05) is 30.3 Å². The normalized spacial score (nSPS) is 12.2. The Kier molecular flexibility index (Phi) is 6.25. The Morgan fingerprint density at radius 2 is 1.29 bits per heavy atom. The third kappa shape index (κ3) is 4.89. The summed E-state index contributed by atoms with van der Waals surface area (Å²) in [5.74, 6) is 0.867. The fourth-order valence-corrected chi connectivity index (χ4v) is 4.14. The first-order valence-electron chi connectivity index (χ1n) is 11.3. The summed E-state index contributed by atoms with van der Waals surface area (Å²) in [6.07, 6.45) is -9.93. The number of hydrogen-bond acceptors (Lipinski definition) is 4. The lowest BCUT2D eigenvalue weighted by atomic mass is 10.0. The van der Waals surface area contributed by atoms with Crippen LogP contribution in [0.2, 0.25) is 0 Å². The lowest BCUT2D eigenvalue weighted by molar-refractivity contribution is -0.143. The average Bonchev–Trinajstić information content (AvgIpc) is 3.47. The summed E-state index contributed by atoms with van der Waals surface area (Å²) in [4.78, 5) is 0. The van der Waals surface area contributed by atoms with Crippen LogP contribution in [0.15, 0.2) is 78.9 Å². The first-order valence-corrected chi connectivity index (χ1v) is 11.3. The van der Waals surface area contributed by atoms with Gasteiger partial charge in [0.1, 0.15) is 11.5 Å². The van der Waals surface area contributed by atoms with E-state index in [0.717, 1.165) is 5.69 Å². The summed E-state index contributed by atoms with van der Waals surface area (Å²) in [5, 5.41) is 16.8. The number of aryl methyl sites for hydroxylation is 1. The fourth-order valence-electron chi connectivity index (χ4n) is 4.14. The standard InChI is InChI=1S/C26H18F6N6/c1-16-33-35-24(38(16)21-10-6-3-7-11-21)22-23(18-8-4-2-5-9-18)37(36-34-22)15-17-12-19(25(27,28)29)14-20(13-17)26(30,31)32/h2-14H,15H2,1H3.